The first kappa shape index (κ1) is 13.2. The van der Waals surface area contributed by atoms with Gasteiger partial charge in [-0.2, -0.15) is 0 Å². The zero-order chi connectivity index (χ0) is 13.3. The smallest absolute Gasteiger partial charge is 0.159 e. The molecule has 18 heavy (non-hydrogen) atoms. The molecule has 0 unspecified atom stereocenters. The maximum atomic E-state index is 13.1. The number of hydrogen-bond donors (Lipinski definition) is 0. The highest BCUT2D eigenvalue weighted by Crippen LogP contribution is 2.31. The summed E-state index contributed by atoms with van der Waals surface area (Å²) in [5, 5.41) is 1.01. The van der Waals surface area contributed by atoms with E-state index in [4.69, 9.17) is 11.6 Å². The highest BCUT2D eigenvalue weighted by molar-refractivity contribution is 7.99. The summed E-state index contributed by atoms with van der Waals surface area (Å²) in [6.07, 6.45) is 0. The molecule has 6 heteroatoms. The van der Waals surface area contributed by atoms with Crippen LogP contribution in [0.5, 0.6) is 0 Å². The zero-order valence-corrected chi connectivity index (χ0v) is 11.2. The van der Waals surface area contributed by atoms with Crippen LogP contribution >= 0.6 is 23.4 Å². The average molecular weight is 287 g/mol. The second-order valence-electron chi connectivity index (χ2n) is 3.67. The first-order valence-corrected chi connectivity index (χ1v) is 6.30. The maximum absolute atomic E-state index is 13.1. The summed E-state index contributed by atoms with van der Waals surface area (Å²) >= 11 is 7.17. The molecule has 0 radical (unpaired) electrons. The van der Waals surface area contributed by atoms with E-state index in [1.54, 1.807) is 13.8 Å². The quantitative estimate of drug-likeness (QED) is 0.775. The Bertz CT molecular complexity index is 605. The number of aromatic nitrogens is 2. The Hall–Kier alpha value is -1.20. The molecule has 1 aromatic carbocycles. The number of rotatable bonds is 2. The fourth-order valence-electron chi connectivity index (χ4n) is 1.32. The van der Waals surface area contributed by atoms with Gasteiger partial charge in [-0.05, 0) is 32.0 Å². The third-order valence-corrected chi connectivity index (χ3v) is 3.71. The molecule has 0 aliphatic heterocycles. The van der Waals surface area contributed by atoms with Gasteiger partial charge in [-0.25, -0.2) is 18.7 Å². The standard InChI is InChI=1S/C12H9ClF2N2S/c1-6-11(13)16-7(2)17-12(6)18-8-3-4-9(14)10(15)5-8/h3-5H,1-2H3. The highest BCUT2D eigenvalue weighted by Gasteiger charge is 2.10. The normalized spacial score (nSPS) is 10.7. The van der Waals surface area contributed by atoms with Crippen LogP contribution in [0.4, 0.5) is 8.78 Å². The first-order chi connectivity index (χ1) is 8.47. The molecule has 0 atom stereocenters. The van der Waals surface area contributed by atoms with Crippen LogP contribution in [0.25, 0.3) is 0 Å². The van der Waals surface area contributed by atoms with Crippen LogP contribution in [0.1, 0.15) is 11.4 Å². The van der Waals surface area contributed by atoms with Crippen molar-refractivity contribution in [3.8, 4) is 0 Å². The minimum Gasteiger partial charge on any atom is -0.226 e. The lowest BCUT2D eigenvalue weighted by Crippen LogP contribution is -1.95. The Balaban J connectivity index is 2.36. The first-order valence-electron chi connectivity index (χ1n) is 5.11. The van der Waals surface area contributed by atoms with E-state index < -0.39 is 11.6 Å². The van der Waals surface area contributed by atoms with Crippen molar-refractivity contribution < 1.29 is 8.78 Å². The average Bonchev–Trinajstić information content (AvgIpc) is 2.30. The lowest BCUT2D eigenvalue weighted by Gasteiger charge is -2.07. The molecule has 0 saturated carbocycles. The molecule has 94 valence electrons. The number of nitrogens with zero attached hydrogens (tertiary/aromatic N) is 2. The summed E-state index contributed by atoms with van der Waals surface area (Å²) in [6.45, 7) is 3.50. The van der Waals surface area contributed by atoms with Crippen molar-refractivity contribution in [3.05, 3.63) is 46.4 Å². The fourth-order valence-corrected chi connectivity index (χ4v) is 2.54. The van der Waals surface area contributed by atoms with Crippen molar-refractivity contribution in [2.45, 2.75) is 23.8 Å². The van der Waals surface area contributed by atoms with E-state index in [0.29, 0.717) is 20.9 Å². The SMILES string of the molecule is Cc1nc(Cl)c(C)c(Sc2ccc(F)c(F)c2)n1. The number of benzene rings is 1. The Morgan fingerprint density at radius 3 is 2.50 bits per heavy atom. The third kappa shape index (κ3) is 2.79. The number of aryl methyl sites for hydroxylation is 1. The predicted molar refractivity (Wildman–Crippen MR) is 67.0 cm³/mol. The summed E-state index contributed by atoms with van der Waals surface area (Å²) in [6, 6.07) is 3.71. The van der Waals surface area contributed by atoms with Crippen LogP contribution in [-0.4, -0.2) is 9.97 Å². The van der Waals surface area contributed by atoms with Gasteiger partial charge < -0.3 is 0 Å². The van der Waals surface area contributed by atoms with Crippen LogP contribution in [-0.2, 0) is 0 Å². The van der Waals surface area contributed by atoms with Crippen molar-refractivity contribution >= 4 is 23.4 Å². The summed E-state index contributed by atoms with van der Waals surface area (Å²) < 4.78 is 25.9. The van der Waals surface area contributed by atoms with Gasteiger partial charge in [0.1, 0.15) is 16.0 Å². The van der Waals surface area contributed by atoms with Gasteiger partial charge in [-0.3, -0.25) is 0 Å². The van der Waals surface area contributed by atoms with Crippen molar-refractivity contribution in [3.63, 3.8) is 0 Å². The van der Waals surface area contributed by atoms with Gasteiger partial charge in [0, 0.05) is 10.5 Å². The molecule has 2 aromatic rings. The molecule has 2 nitrogen and oxygen atoms in total. The number of hydrogen-bond acceptors (Lipinski definition) is 3. The monoisotopic (exact) mass is 286 g/mol. The Kier molecular flexibility index (Phi) is 3.82. The van der Waals surface area contributed by atoms with E-state index in [2.05, 4.69) is 9.97 Å². The highest BCUT2D eigenvalue weighted by atomic mass is 35.5. The van der Waals surface area contributed by atoms with Crippen LogP contribution in [0.15, 0.2) is 28.1 Å². The molecular formula is C12H9ClF2N2S. The molecule has 0 bridgehead atoms. The third-order valence-electron chi connectivity index (χ3n) is 2.26. The minimum atomic E-state index is -0.880. The molecule has 1 heterocycles. The molecule has 2 rings (SSSR count). The summed E-state index contributed by atoms with van der Waals surface area (Å²) in [5.74, 6) is -1.21. The molecule has 0 N–H and O–H groups in total. The Morgan fingerprint density at radius 2 is 1.83 bits per heavy atom. The summed E-state index contributed by atoms with van der Waals surface area (Å²) in [5.41, 5.74) is 0.719. The predicted octanol–water partition coefficient (Wildman–Crippen LogP) is 4.18. The molecule has 0 spiro atoms. The largest absolute Gasteiger partial charge is 0.226 e. The molecular weight excluding hydrogens is 278 g/mol. The van der Waals surface area contributed by atoms with Crippen molar-refractivity contribution in [1.29, 1.82) is 0 Å². The molecule has 1 aromatic heterocycles. The lowest BCUT2D eigenvalue weighted by molar-refractivity contribution is 0.506. The van der Waals surface area contributed by atoms with E-state index in [1.807, 2.05) is 0 Å². The van der Waals surface area contributed by atoms with Gasteiger partial charge in [-0.15, -0.1) is 0 Å². The second kappa shape index (κ2) is 5.20. The zero-order valence-electron chi connectivity index (χ0n) is 9.67. The van der Waals surface area contributed by atoms with Gasteiger partial charge >= 0.3 is 0 Å². The Morgan fingerprint density at radius 1 is 1.11 bits per heavy atom. The summed E-state index contributed by atoms with van der Waals surface area (Å²) in [7, 11) is 0. The lowest BCUT2D eigenvalue weighted by atomic mass is 10.3. The number of halogens is 3. The van der Waals surface area contributed by atoms with Gasteiger partial charge in [0.05, 0.1) is 0 Å². The van der Waals surface area contributed by atoms with Crippen LogP contribution in [0.3, 0.4) is 0 Å². The van der Waals surface area contributed by atoms with E-state index >= 15 is 0 Å². The fraction of sp³-hybridized carbons (Fsp3) is 0.167. The summed E-state index contributed by atoms with van der Waals surface area (Å²) in [4.78, 5) is 8.81. The molecule has 0 aliphatic carbocycles. The van der Waals surface area contributed by atoms with E-state index in [9.17, 15) is 8.78 Å². The molecule has 0 amide bonds. The molecule has 0 fully saturated rings. The molecule has 0 aliphatic rings. The van der Waals surface area contributed by atoms with E-state index in [1.165, 1.54) is 17.8 Å². The molecule has 0 saturated heterocycles. The topological polar surface area (TPSA) is 25.8 Å². The van der Waals surface area contributed by atoms with Crippen molar-refractivity contribution in [2.24, 2.45) is 0 Å². The van der Waals surface area contributed by atoms with Crippen LogP contribution in [0, 0.1) is 25.5 Å². The van der Waals surface area contributed by atoms with Gasteiger partial charge in [0.2, 0.25) is 0 Å². The van der Waals surface area contributed by atoms with Crippen molar-refractivity contribution in [2.75, 3.05) is 0 Å². The second-order valence-corrected chi connectivity index (χ2v) is 5.09. The van der Waals surface area contributed by atoms with Crippen molar-refractivity contribution in [1.82, 2.24) is 9.97 Å². The van der Waals surface area contributed by atoms with E-state index in [0.717, 1.165) is 17.7 Å². The van der Waals surface area contributed by atoms with Gasteiger partial charge in [0.25, 0.3) is 0 Å². The Labute approximate surface area is 112 Å². The van der Waals surface area contributed by atoms with Gasteiger partial charge in [0.15, 0.2) is 11.6 Å². The minimum absolute atomic E-state index is 0.368. The van der Waals surface area contributed by atoms with E-state index in [-0.39, 0.29) is 0 Å². The van der Waals surface area contributed by atoms with Crippen LogP contribution < -0.4 is 0 Å². The maximum Gasteiger partial charge on any atom is 0.159 e. The van der Waals surface area contributed by atoms with Crippen LogP contribution in [0.2, 0.25) is 5.15 Å². The van der Waals surface area contributed by atoms with Gasteiger partial charge in [-0.1, -0.05) is 23.4 Å².